The summed E-state index contributed by atoms with van der Waals surface area (Å²) in [4.78, 5) is 11.6. The van der Waals surface area contributed by atoms with E-state index in [0.717, 1.165) is 24.2 Å². The molecule has 0 aromatic heterocycles. The molecule has 134 valence electrons. The summed E-state index contributed by atoms with van der Waals surface area (Å²) in [7, 11) is 0. The third-order valence-electron chi connectivity index (χ3n) is 9.09. The SMILES string of the molecule is CC(C(=O)O)[C@H]1CC[C@H]2[C@@H]3CCC4=CCCC[C@]4(C)[C@H]3CC[C@]12C. The van der Waals surface area contributed by atoms with Crippen LogP contribution in [0.15, 0.2) is 11.6 Å². The number of hydrogen-bond acceptors (Lipinski definition) is 1. The van der Waals surface area contributed by atoms with Crippen molar-refractivity contribution in [3.8, 4) is 0 Å². The molecule has 24 heavy (non-hydrogen) atoms. The smallest absolute Gasteiger partial charge is 0.306 e. The van der Waals surface area contributed by atoms with Crippen molar-refractivity contribution in [2.45, 2.75) is 78.6 Å². The number of rotatable bonds is 2. The molecule has 0 amide bonds. The predicted molar refractivity (Wildman–Crippen MR) is 96.6 cm³/mol. The minimum absolute atomic E-state index is 0.180. The molecule has 0 aromatic rings. The fourth-order valence-electron chi connectivity index (χ4n) is 7.79. The highest BCUT2D eigenvalue weighted by atomic mass is 16.4. The number of allylic oxidation sites excluding steroid dienone is 2. The van der Waals surface area contributed by atoms with Gasteiger partial charge in [0.2, 0.25) is 0 Å². The topological polar surface area (TPSA) is 37.3 Å². The zero-order valence-electron chi connectivity index (χ0n) is 15.7. The van der Waals surface area contributed by atoms with E-state index < -0.39 is 5.97 Å². The summed E-state index contributed by atoms with van der Waals surface area (Å²) in [5.41, 5.74) is 2.50. The molecular weight excluding hydrogens is 296 g/mol. The molecule has 0 saturated heterocycles. The van der Waals surface area contributed by atoms with Gasteiger partial charge >= 0.3 is 5.97 Å². The van der Waals surface area contributed by atoms with Crippen LogP contribution in [-0.2, 0) is 4.79 Å². The minimum atomic E-state index is -0.586. The van der Waals surface area contributed by atoms with Crippen molar-refractivity contribution in [1.82, 2.24) is 0 Å². The molecule has 1 N–H and O–H groups in total. The lowest BCUT2D eigenvalue weighted by Gasteiger charge is -2.58. The predicted octanol–water partition coefficient (Wildman–Crippen LogP) is 5.68. The fourth-order valence-corrected chi connectivity index (χ4v) is 7.79. The Kier molecular flexibility index (Phi) is 3.89. The average molecular weight is 331 g/mol. The number of carbonyl (C=O) groups is 1. The van der Waals surface area contributed by atoms with Crippen molar-refractivity contribution in [1.29, 1.82) is 0 Å². The van der Waals surface area contributed by atoms with Crippen LogP contribution in [0.3, 0.4) is 0 Å². The summed E-state index contributed by atoms with van der Waals surface area (Å²) in [6.45, 7) is 6.96. The summed E-state index contributed by atoms with van der Waals surface area (Å²) in [5, 5.41) is 9.57. The van der Waals surface area contributed by atoms with Gasteiger partial charge in [0.25, 0.3) is 0 Å². The highest BCUT2D eigenvalue weighted by molar-refractivity contribution is 5.70. The Morgan fingerprint density at radius 1 is 1.17 bits per heavy atom. The van der Waals surface area contributed by atoms with Gasteiger partial charge in [-0.1, -0.05) is 32.4 Å². The van der Waals surface area contributed by atoms with E-state index in [2.05, 4.69) is 19.9 Å². The Labute approximate surface area is 147 Å². The van der Waals surface area contributed by atoms with Crippen molar-refractivity contribution in [2.24, 2.45) is 40.4 Å². The van der Waals surface area contributed by atoms with Gasteiger partial charge in [0.1, 0.15) is 0 Å². The molecule has 0 aromatic carbocycles. The van der Waals surface area contributed by atoms with E-state index in [1.165, 1.54) is 51.4 Å². The van der Waals surface area contributed by atoms with Crippen molar-refractivity contribution in [2.75, 3.05) is 0 Å². The maximum Gasteiger partial charge on any atom is 0.306 e. The van der Waals surface area contributed by atoms with E-state index in [-0.39, 0.29) is 11.3 Å². The molecule has 4 rings (SSSR count). The van der Waals surface area contributed by atoms with Gasteiger partial charge in [-0.25, -0.2) is 0 Å². The molecular formula is C22H34O2. The molecule has 0 bridgehead atoms. The Hall–Kier alpha value is -0.790. The van der Waals surface area contributed by atoms with Crippen LogP contribution in [-0.4, -0.2) is 11.1 Å². The van der Waals surface area contributed by atoms with Gasteiger partial charge in [-0.15, -0.1) is 0 Å². The molecule has 1 unspecified atom stereocenters. The molecule has 2 heteroatoms. The van der Waals surface area contributed by atoms with E-state index in [0.29, 0.717) is 11.3 Å². The molecule has 7 atom stereocenters. The Balaban J connectivity index is 1.63. The van der Waals surface area contributed by atoms with Gasteiger partial charge in [-0.3, -0.25) is 4.79 Å². The van der Waals surface area contributed by atoms with Crippen molar-refractivity contribution in [3.05, 3.63) is 11.6 Å². The Morgan fingerprint density at radius 2 is 1.96 bits per heavy atom. The molecule has 0 heterocycles. The first kappa shape index (κ1) is 16.7. The molecule has 4 aliphatic rings. The van der Waals surface area contributed by atoms with Gasteiger partial charge in [-0.05, 0) is 92.3 Å². The van der Waals surface area contributed by atoms with E-state index in [4.69, 9.17) is 0 Å². The summed E-state index contributed by atoms with van der Waals surface area (Å²) in [5.74, 6) is 2.09. The first-order chi connectivity index (χ1) is 11.4. The lowest BCUT2D eigenvalue weighted by molar-refractivity contribution is -0.146. The maximum atomic E-state index is 11.6. The van der Waals surface area contributed by atoms with Crippen LogP contribution in [0.25, 0.3) is 0 Å². The third kappa shape index (κ3) is 2.17. The van der Waals surface area contributed by atoms with Crippen LogP contribution in [0.5, 0.6) is 0 Å². The normalized spacial score (nSPS) is 48.7. The second kappa shape index (κ2) is 5.61. The first-order valence-corrected chi connectivity index (χ1v) is 10.3. The van der Waals surface area contributed by atoms with Crippen molar-refractivity contribution < 1.29 is 9.90 Å². The third-order valence-corrected chi connectivity index (χ3v) is 9.09. The van der Waals surface area contributed by atoms with Crippen LogP contribution < -0.4 is 0 Å². The van der Waals surface area contributed by atoms with Crippen LogP contribution in [0.2, 0.25) is 0 Å². The van der Waals surface area contributed by atoms with Crippen LogP contribution in [0, 0.1) is 40.4 Å². The average Bonchev–Trinajstić information content (AvgIpc) is 2.90. The van der Waals surface area contributed by atoms with Crippen LogP contribution in [0.1, 0.15) is 78.6 Å². The molecule has 0 radical (unpaired) electrons. The monoisotopic (exact) mass is 330 g/mol. The fraction of sp³-hybridized carbons (Fsp3) is 0.864. The molecule has 0 spiro atoms. The zero-order valence-corrected chi connectivity index (χ0v) is 15.7. The number of aliphatic carboxylic acids is 1. The summed E-state index contributed by atoms with van der Waals surface area (Å²) >= 11 is 0. The van der Waals surface area contributed by atoms with E-state index in [1.54, 1.807) is 5.57 Å². The van der Waals surface area contributed by atoms with Gasteiger partial charge in [0.15, 0.2) is 0 Å². The maximum absolute atomic E-state index is 11.6. The summed E-state index contributed by atoms with van der Waals surface area (Å²) in [6, 6.07) is 0. The van der Waals surface area contributed by atoms with Gasteiger partial charge in [0, 0.05) is 0 Å². The number of carboxylic acids is 1. The van der Waals surface area contributed by atoms with Crippen molar-refractivity contribution >= 4 is 5.97 Å². The number of carboxylic acid groups (broad SMARTS) is 1. The van der Waals surface area contributed by atoms with Gasteiger partial charge < -0.3 is 5.11 Å². The molecule has 4 aliphatic carbocycles. The molecule has 2 nitrogen and oxygen atoms in total. The number of fused-ring (bicyclic) bond motifs is 5. The lowest BCUT2D eigenvalue weighted by Crippen LogP contribution is -2.50. The zero-order chi connectivity index (χ0) is 17.1. The van der Waals surface area contributed by atoms with Crippen LogP contribution >= 0.6 is 0 Å². The van der Waals surface area contributed by atoms with Gasteiger partial charge in [0.05, 0.1) is 5.92 Å². The second-order valence-corrected chi connectivity index (χ2v) is 9.81. The lowest BCUT2D eigenvalue weighted by atomic mass is 9.46. The van der Waals surface area contributed by atoms with Crippen molar-refractivity contribution in [3.63, 3.8) is 0 Å². The largest absolute Gasteiger partial charge is 0.481 e. The summed E-state index contributed by atoms with van der Waals surface area (Å²) in [6.07, 6.45) is 14.3. The van der Waals surface area contributed by atoms with E-state index in [1.807, 2.05) is 6.92 Å². The number of hydrogen-bond donors (Lipinski definition) is 1. The molecule has 0 aliphatic heterocycles. The molecule has 3 fully saturated rings. The Morgan fingerprint density at radius 3 is 2.71 bits per heavy atom. The van der Waals surface area contributed by atoms with Gasteiger partial charge in [-0.2, -0.15) is 0 Å². The minimum Gasteiger partial charge on any atom is -0.481 e. The standard InChI is InChI=1S/C22H34O2/c1-14(20(23)24)17-9-10-18-16-8-7-15-6-4-5-12-21(15,2)19(16)11-13-22(17,18)3/h6,14,16-19H,4-5,7-13H2,1-3H3,(H,23,24)/t14?,16-,17+,18-,19-,21-,22+/m0/s1. The summed E-state index contributed by atoms with van der Waals surface area (Å²) < 4.78 is 0. The quantitative estimate of drug-likeness (QED) is 0.662. The van der Waals surface area contributed by atoms with E-state index in [9.17, 15) is 9.90 Å². The first-order valence-electron chi connectivity index (χ1n) is 10.3. The highest BCUT2D eigenvalue weighted by Gasteiger charge is 2.59. The second-order valence-electron chi connectivity index (χ2n) is 9.81. The Bertz CT molecular complexity index is 564. The molecule has 3 saturated carbocycles. The highest BCUT2D eigenvalue weighted by Crippen LogP contribution is 2.67. The van der Waals surface area contributed by atoms with Crippen LogP contribution in [0.4, 0.5) is 0 Å². The van der Waals surface area contributed by atoms with E-state index >= 15 is 0 Å².